The summed E-state index contributed by atoms with van der Waals surface area (Å²) in [6.07, 6.45) is 0. The highest BCUT2D eigenvalue weighted by Crippen LogP contribution is 2.19. The summed E-state index contributed by atoms with van der Waals surface area (Å²) in [6.45, 7) is 10.7. The molecule has 0 saturated heterocycles. The normalized spacial score (nSPS) is 16.0. The van der Waals surface area contributed by atoms with Gasteiger partial charge >= 0.3 is 17.1 Å². The number of rotatable bonds is 12. The maximum Gasteiger partial charge on any atom is 0.334 e. The van der Waals surface area contributed by atoms with E-state index in [4.69, 9.17) is 17.7 Å². The molecule has 0 fully saturated rings. The van der Waals surface area contributed by atoms with Crippen LogP contribution < -0.4 is 5.32 Å². The molecule has 1 N–H and O–H groups in total. The number of hydrogen-bond donors (Lipinski definition) is 1. The van der Waals surface area contributed by atoms with E-state index in [1.165, 1.54) is 0 Å². The molecule has 0 spiro atoms. The van der Waals surface area contributed by atoms with Crippen molar-refractivity contribution in [3.8, 4) is 0 Å². The highest BCUT2D eigenvalue weighted by atomic mass is 28.4. The van der Waals surface area contributed by atoms with Crippen LogP contribution in [0.2, 0.25) is 25.2 Å². The molecule has 0 aliphatic heterocycles. The van der Waals surface area contributed by atoms with E-state index in [-0.39, 0.29) is 0 Å². The summed E-state index contributed by atoms with van der Waals surface area (Å²) in [7, 11) is 3.07. The maximum atomic E-state index is 5.54. The Kier molecular flexibility index (Phi) is 10.2. The lowest BCUT2D eigenvalue weighted by molar-refractivity contribution is 0.240. The van der Waals surface area contributed by atoms with Crippen molar-refractivity contribution < 1.29 is 17.7 Å². The van der Waals surface area contributed by atoms with Crippen molar-refractivity contribution in [2.24, 2.45) is 11.8 Å². The van der Waals surface area contributed by atoms with Crippen molar-refractivity contribution in [3.05, 3.63) is 0 Å². The molecule has 0 aromatic heterocycles. The molecular weight excluding hydrogens is 302 g/mol. The third-order valence-electron chi connectivity index (χ3n) is 4.15. The van der Waals surface area contributed by atoms with Crippen LogP contribution in [0.1, 0.15) is 13.8 Å². The highest BCUT2D eigenvalue weighted by Gasteiger charge is 2.32. The minimum absolute atomic E-state index is 0.544. The Morgan fingerprint density at radius 2 is 1.00 bits per heavy atom. The summed E-state index contributed by atoms with van der Waals surface area (Å²) in [5.41, 5.74) is 0. The van der Waals surface area contributed by atoms with Gasteiger partial charge in [-0.15, -0.1) is 0 Å². The van der Waals surface area contributed by atoms with Gasteiger partial charge < -0.3 is 23.0 Å². The summed E-state index contributed by atoms with van der Waals surface area (Å²) in [5, 5.41) is 3.55. The predicted octanol–water partition coefficient (Wildman–Crippen LogP) is 2.58. The Bertz CT molecular complexity index is 248. The maximum absolute atomic E-state index is 5.54. The molecule has 0 bridgehead atoms. The van der Waals surface area contributed by atoms with E-state index in [2.05, 4.69) is 32.3 Å². The molecule has 128 valence electrons. The fourth-order valence-electron chi connectivity index (χ4n) is 2.49. The molecule has 2 unspecified atom stereocenters. The van der Waals surface area contributed by atoms with E-state index < -0.39 is 17.1 Å². The lowest BCUT2D eigenvalue weighted by atomic mass is 10.2. The van der Waals surface area contributed by atoms with E-state index in [9.17, 15) is 0 Å². The van der Waals surface area contributed by atoms with Crippen molar-refractivity contribution in [2.75, 3.05) is 41.5 Å². The van der Waals surface area contributed by atoms with E-state index in [1.807, 2.05) is 0 Å². The molecule has 0 aliphatic carbocycles. The zero-order valence-corrected chi connectivity index (χ0v) is 17.1. The van der Waals surface area contributed by atoms with Crippen molar-refractivity contribution >= 4 is 17.1 Å². The predicted molar refractivity (Wildman–Crippen MR) is 92.1 cm³/mol. The molecule has 21 heavy (non-hydrogen) atoms. The van der Waals surface area contributed by atoms with Gasteiger partial charge in [0, 0.05) is 28.4 Å². The Balaban J connectivity index is 4.03. The van der Waals surface area contributed by atoms with Crippen molar-refractivity contribution in [2.45, 2.75) is 39.0 Å². The molecule has 0 saturated carbocycles. The first-order valence-corrected chi connectivity index (χ1v) is 12.7. The van der Waals surface area contributed by atoms with Gasteiger partial charge in [0.05, 0.1) is 0 Å². The molecular formula is C14H35NO4Si2. The summed E-state index contributed by atoms with van der Waals surface area (Å²) < 4.78 is 22.2. The monoisotopic (exact) mass is 337 g/mol. The van der Waals surface area contributed by atoms with Crippen LogP contribution in [0.15, 0.2) is 0 Å². The lowest BCUT2D eigenvalue weighted by Crippen LogP contribution is -2.41. The zero-order valence-electron chi connectivity index (χ0n) is 15.1. The van der Waals surface area contributed by atoms with Crippen molar-refractivity contribution in [1.29, 1.82) is 0 Å². The Hall–Kier alpha value is 0.234. The molecule has 0 amide bonds. The first-order valence-electron chi connectivity index (χ1n) is 7.65. The van der Waals surface area contributed by atoms with E-state index in [1.54, 1.807) is 28.4 Å². The first-order chi connectivity index (χ1) is 9.74. The average Bonchev–Trinajstić information content (AvgIpc) is 2.46. The Morgan fingerprint density at radius 3 is 1.24 bits per heavy atom. The van der Waals surface area contributed by atoms with Gasteiger partial charge in [0.1, 0.15) is 0 Å². The van der Waals surface area contributed by atoms with Gasteiger partial charge in [0.25, 0.3) is 0 Å². The smallest absolute Gasteiger partial charge is 0.334 e. The largest absolute Gasteiger partial charge is 0.398 e. The van der Waals surface area contributed by atoms with E-state index in [0.29, 0.717) is 11.8 Å². The number of nitrogens with one attached hydrogen (secondary N) is 1. The van der Waals surface area contributed by atoms with E-state index in [0.717, 1.165) is 25.2 Å². The van der Waals surface area contributed by atoms with Crippen LogP contribution in [0, 0.1) is 11.8 Å². The summed E-state index contributed by atoms with van der Waals surface area (Å²) in [5.74, 6) is 1.09. The van der Waals surface area contributed by atoms with Crippen LogP contribution in [0.4, 0.5) is 0 Å². The van der Waals surface area contributed by atoms with Crippen LogP contribution in [-0.4, -0.2) is 58.7 Å². The second-order valence-electron chi connectivity index (χ2n) is 6.36. The minimum atomic E-state index is -1.96. The summed E-state index contributed by atoms with van der Waals surface area (Å²) in [4.78, 5) is 0. The van der Waals surface area contributed by atoms with Crippen LogP contribution in [-0.2, 0) is 17.7 Å². The summed E-state index contributed by atoms with van der Waals surface area (Å²) >= 11 is 0. The van der Waals surface area contributed by atoms with Gasteiger partial charge in [-0.25, -0.2) is 0 Å². The lowest BCUT2D eigenvalue weighted by Gasteiger charge is -2.28. The molecule has 7 heteroatoms. The second kappa shape index (κ2) is 10.1. The Morgan fingerprint density at radius 1 is 0.714 bits per heavy atom. The second-order valence-corrected chi connectivity index (χ2v) is 13.3. The van der Waals surface area contributed by atoms with Gasteiger partial charge in [0.15, 0.2) is 0 Å². The van der Waals surface area contributed by atoms with Crippen molar-refractivity contribution in [3.63, 3.8) is 0 Å². The fourth-order valence-corrected chi connectivity index (χ4v) is 6.31. The SMILES string of the molecule is CO[Si](C)(CC(C)CNCC(C)C[Si](C)(OC)OC)OC. The van der Waals surface area contributed by atoms with Gasteiger partial charge in [-0.2, -0.15) is 0 Å². The zero-order chi connectivity index (χ0) is 16.5. The summed E-state index contributed by atoms with van der Waals surface area (Å²) in [6, 6.07) is 2.01. The standard InChI is InChI=1S/C14H35NO4Si2/c1-13(11-20(7,16-3)17-4)9-15-10-14(2)12-21(8,18-5)19-6/h13-15H,9-12H2,1-8H3. The highest BCUT2D eigenvalue weighted by molar-refractivity contribution is 6.66. The van der Waals surface area contributed by atoms with Gasteiger partial charge in [-0.3, -0.25) is 0 Å². The first kappa shape index (κ1) is 21.2. The molecule has 5 nitrogen and oxygen atoms in total. The van der Waals surface area contributed by atoms with E-state index >= 15 is 0 Å². The van der Waals surface area contributed by atoms with Gasteiger partial charge in [-0.05, 0) is 50.1 Å². The molecule has 0 aromatic carbocycles. The average molecular weight is 338 g/mol. The van der Waals surface area contributed by atoms with Gasteiger partial charge in [0.2, 0.25) is 0 Å². The van der Waals surface area contributed by atoms with Gasteiger partial charge in [-0.1, -0.05) is 13.8 Å². The molecule has 2 atom stereocenters. The Labute approximate surface area is 133 Å². The quantitative estimate of drug-likeness (QED) is 0.555. The molecule has 0 aromatic rings. The number of hydrogen-bond acceptors (Lipinski definition) is 5. The molecule has 0 radical (unpaired) electrons. The molecule has 0 heterocycles. The minimum Gasteiger partial charge on any atom is -0.398 e. The van der Waals surface area contributed by atoms with Crippen LogP contribution in [0.5, 0.6) is 0 Å². The van der Waals surface area contributed by atoms with Crippen LogP contribution in [0.3, 0.4) is 0 Å². The third kappa shape index (κ3) is 8.44. The van der Waals surface area contributed by atoms with Crippen LogP contribution in [0.25, 0.3) is 0 Å². The topological polar surface area (TPSA) is 49.0 Å². The molecule has 0 rings (SSSR count). The van der Waals surface area contributed by atoms with Crippen molar-refractivity contribution in [1.82, 2.24) is 5.32 Å². The third-order valence-corrected chi connectivity index (χ3v) is 10.5. The fraction of sp³-hybridized carbons (Fsp3) is 1.00. The van der Waals surface area contributed by atoms with Crippen LogP contribution >= 0.6 is 0 Å². The molecule has 0 aliphatic rings.